The number of nitrogens with one attached hydrogen (secondary N) is 1. The van der Waals surface area contributed by atoms with Crippen molar-refractivity contribution in [1.82, 2.24) is 5.32 Å². The van der Waals surface area contributed by atoms with Crippen LogP contribution in [0.1, 0.15) is 33.1 Å². The molecule has 0 aromatic rings. The van der Waals surface area contributed by atoms with Crippen molar-refractivity contribution in [2.45, 2.75) is 33.1 Å². The molecule has 8 nitrogen and oxygen atoms in total. The van der Waals surface area contributed by atoms with Crippen molar-refractivity contribution in [2.75, 3.05) is 59.4 Å². The zero-order valence-electron chi connectivity index (χ0n) is 15.3. The summed E-state index contributed by atoms with van der Waals surface area (Å²) in [7, 11) is 0. The van der Waals surface area contributed by atoms with E-state index in [-0.39, 0.29) is 30.3 Å². The average molecular weight is 361 g/mol. The van der Waals surface area contributed by atoms with E-state index in [0.29, 0.717) is 65.8 Å². The second-order valence-electron chi connectivity index (χ2n) is 5.45. The van der Waals surface area contributed by atoms with Crippen LogP contribution >= 0.6 is 0 Å². The van der Waals surface area contributed by atoms with Crippen LogP contribution in [-0.4, -0.2) is 76.9 Å². The Bertz CT molecular complexity index is 374. The summed E-state index contributed by atoms with van der Waals surface area (Å²) >= 11 is 0. The zero-order valence-corrected chi connectivity index (χ0v) is 15.3. The minimum absolute atomic E-state index is 0.00744. The molecule has 0 heterocycles. The quantitative estimate of drug-likeness (QED) is 0.355. The van der Waals surface area contributed by atoms with Crippen molar-refractivity contribution in [3.8, 4) is 0 Å². The Morgan fingerprint density at radius 3 is 1.52 bits per heavy atom. The number of hydrogen-bond donors (Lipinski definition) is 1. The number of amides is 1. The van der Waals surface area contributed by atoms with Gasteiger partial charge in [0.1, 0.15) is 11.6 Å². The first kappa shape index (κ1) is 23.6. The fraction of sp³-hybridized carbons (Fsp3) is 0.824. The summed E-state index contributed by atoms with van der Waals surface area (Å²) in [5.41, 5.74) is 0. The van der Waals surface area contributed by atoms with Gasteiger partial charge in [-0.05, 0) is 13.8 Å². The number of hydrogen-bond acceptors (Lipinski definition) is 7. The third-order valence-corrected chi connectivity index (χ3v) is 2.99. The maximum atomic E-state index is 11.3. The van der Waals surface area contributed by atoms with Gasteiger partial charge in [-0.2, -0.15) is 0 Å². The number of Topliss-reactive ketones (excluding diaryl/α,β-unsaturated/α-hetero) is 2. The summed E-state index contributed by atoms with van der Waals surface area (Å²) in [5, 5.41) is 2.68. The van der Waals surface area contributed by atoms with E-state index in [2.05, 4.69) is 5.32 Å². The first-order chi connectivity index (χ1) is 12.0. The predicted octanol–water partition coefficient (Wildman–Crippen LogP) is 0.517. The highest BCUT2D eigenvalue weighted by molar-refractivity contribution is 5.83. The van der Waals surface area contributed by atoms with E-state index >= 15 is 0 Å². The second-order valence-corrected chi connectivity index (χ2v) is 5.45. The van der Waals surface area contributed by atoms with Crippen molar-refractivity contribution in [3.05, 3.63) is 0 Å². The first-order valence-corrected chi connectivity index (χ1v) is 8.59. The number of carbonyl (C=O) groups excluding carboxylic acids is 3. The molecule has 1 N–H and O–H groups in total. The lowest BCUT2D eigenvalue weighted by Gasteiger charge is -2.08. The Morgan fingerprint density at radius 2 is 1.04 bits per heavy atom. The Balaban J connectivity index is 3.13. The van der Waals surface area contributed by atoms with Crippen LogP contribution in [0.5, 0.6) is 0 Å². The summed E-state index contributed by atoms with van der Waals surface area (Å²) in [6, 6.07) is 0. The molecule has 0 aliphatic carbocycles. The number of ether oxygens (including phenoxy) is 4. The lowest BCUT2D eigenvalue weighted by atomic mass is 10.2. The standard InChI is InChI=1S/C17H31NO7/c1-15(19)3-4-17(21)18-6-8-23-10-12-25-14-13-24-11-9-22-7-5-16(2)20/h3-14H2,1-2H3,(H,18,21). The molecule has 0 spiro atoms. The average Bonchev–Trinajstić information content (AvgIpc) is 2.56. The topological polar surface area (TPSA) is 100 Å². The van der Waals surface area contributed by atoms with Crippen molar-refractivity contribution in [2.24, 2.45) is 0 Å². The lowest BCUT2D eigenvalue weighted by molar-refractivity contribution is -0.124. The molecule has 0 bridgehead atoms. The SMILES string of the molecule is CC(=O)CCOCCOCCOCCOCCNC(=O)CCC(C)=O. The minimum atomic E-state index is -0.141. The molecule has 0 aromatic heterocycles. The van der Waals surface area contributed by atoms with Crippen molar-refractivity contribution >= 4 is 17.5 Å². The Hall–Kier alpha value is -1.35. The third-order valence-electron chi connectivity index (χ3n) is 2.99. The first-order valence-electron chi connectivity index (χ1n) is 8.59. The monoisotopic (exact) mass is 361 g/mol. The van der Waals surface area contributed by atoms with Crippen LogP contribution in [0.3, 0.4) is 0 Å². The second kappa shape index (κ2) is 17.5. The van der Waals surface area contributed by atoms with Gasteiger partial charge in [0.05, 0.1) is 52.9 Å². The lowest BCUT2D eigenvalue weighted by Crippen LogP contribution is -2.27. The molecular formula is C17H31NO7. The fourth-order valence-electron chi connectivity index (χ4n) is 1.62. The number of ketones is 2. The van der Waals surface area contributed by atoms with Gasteiger partial charge in [-0.1, -0.05) is 0 Å². The largest absolute Gasteiger partial charge is 0.379 e. The van der Waals surface area contributed by atoms with Crippen LogP contribution in [-0.2, 0) is 33.3 Å². The molecule has 0 fully saturated rings. The van der Waals surface area contributed by atoms with E-state index in [0.717, 1.165) is 0 Å². The molecule has 1 amide bonds. The van der Waals surface area contributed by atoms with Gasteiger partial charge in [-0.3, -0.25) is 9.59 Å². The Morgan fingerprint density at radius 1 is 0.600 bits per heavy atom. The summed E-state index contributed by atoms with van der Waals surface area (Å²) in [5.74, 6) is -0.0163. The third kappa shape index (κ3) is 20.6. The summed E-state index contributed by atoms with van der Waals surface area (Å²) < 4.78 is 21.2. The van der Waals surface area contributed by atoms with Gasteiger partial charge >= 0.3 is 0 Å². The highest BCUT2D eigenvalue weighted by Gasteiger charge is 2.02. The molecule has 0 aromatic carbocycles. The molecule has 0 saturated carbocycles. The number of rotatable bonds is 18. The van der Waals surface area contributed by atoms with Gasteiger partial charge in [-0.15, -0.1) is 0 Å². The molecule has 25 heavy (non-hydrogen) atoms. The van der Waals surface area contributed by atoms with Crippen LogP contribution in [0.15, 0.2) is 0 Å². The molecule has 0 aliphatic heterocycles. The van der Waals surface area contributed by atoms with E-state index in [1.54, 1.807) is 0 Å². The van der Waals surface area contributed by atoms with Crippen molar-refractivity contribution < 1.29 is 33.3 Å². The molecular weight excluding hydrogens is 330 g/mol. The highest BCUT2D eigenvalue weighted by atomic mass is 16.6. The van der Waals surface area contributed by atoms with E-state index in [1.807, 2.05) is 0 Å². The van der Waals surface area contributed by atoms with E-state index < -0.39 is 0 Å². The van der Waals surface area contributed by atoms with E-state index in [9.17, 15) is 14.4 Å². The van der Waals surface area contributed by atoms with Crippen LogP contribution in [0.2, 0.25) is 0 Å². The normalized spacial score (nSPS) is 10.6. The van der Waals surface area contributed by atoms with Gasteiger partial charge in [0.15, 0.2) is 0 Å². The van der Waals surface area contributed by atoms with Gasteiger partial charge in [0.25, 0.3) is 0 Å². The van der Waals surface area contributed by atoms with Gasteiger partial charge in [0, 0.05) is 25.8 Å². The smallest absolute Gasteiger partial charge is 0.220 e. The molecule has 0 radical (unpaired) electrons. The molecule has 146 valence electrons. The van der Waals surface area contributed by atoms with Crippen molar-refractivity contribution in [1.29, 1.82) is 0 Å². The number of carbonyl (C=O) groups is 3. The zero-order chi connectivity index (χ0) is 18.8. The van der Waals surface area contributed by atoms with Gasteiger partial charge in [-0.25, -0.2) is 0 Å². The van der Waals surface area contributed by atoms with Gasteiger partial charge < -0.3 is 29.1 Å². The van der Waals surface area contributed by atoms with Gasteiger partial charge in [0.2, 0.25) is 5.91 Å². The summed E-state index contributed by atoms with van der Waals surface area (Å²) in [6.07, 6.45) is 0.929. The Kier molecular flexibility index (Phi) is 16.5. The molecule has 0 rings (SSSR count). The maximum Gasteiger partial charge on any atom is 0.220 e. The van der Waals surface area contributed by atoms with E-state index in [4.69, 9.17) is 18.9 Å². The highest BCUT2D eigenvalue weighted by Crippen LogP contribution is 1.90. The fourth-order valence-corrected chi connectivity index (χ4v) is 1.62. The molecule has 0 unspecified atom stereocenters. The minimum Gasteiger partial charge on any atom is -0.379 e. The Labute approximate surface area is 149 Å². The van der Waals surface area contributed by atoms with Crippen LogP contribution < -0.4 is 5.32 Å². The summed E-state index contributed by atoms with van der Waals surface area (Å²) in [4.78, 5) is 32.7. The van der Waals surface area contributed by atoms with Crippen LogP contribution in [0.4, 0.5) is 0 Å². The van der Waals surface area contributed by atoms with Crippen molar-refractivity contribution in [3.63, 3.8) is 0 Å². The molecule has 0 atom stereocenters. The van der Waals surface area contributed by atoms with Crippen LogP contribution in [0, 0.1) is 0 Å². The van der Waals surface area contributed by atoms with E-state index in [1.165, 1.54) is 13.8 Å². The van der Waals surface area contributed by atoms with Crippen LogP contribution in [0.25, 0.3) is 0 Å². The predicted molar refractivity (Wildman–Crippen MR) is 91.5 cm³/mol. The maximum absolute atomic E-state index is 11.3. The molecule has 0 saturated heterocycles. The molecule has 8 heteroatoms. The molecule has 0 aliphatic rings. The summed E-state index contributed by atoms with van der Waals surface area (Å²) in [6.45, 7) is 7.04.